The smallest absolute Gasteiger partial charge is 0.412 e. The Morgan fingerprint density at radius 2 is 1.90 bits per heavy atom. The van der Waals surface area contributed by atoms with Gasteiger partial charge in [0, 0.05) is 18.5 Å². The van der Waals surface area contributed by atoms with Crippen molar-refractivity contribution in [1.29, 1.82) is 0 Å². The molecule has 1 heterocycles. The summed E-state index contributed by atoms with van der Waals surface area (Å²) in [7, 11) is -1.15. The summed E-state index contributed by atoms with van der Waals surface area (Å²) in [6, 6.07) is 0.929. The Morgan fingerprint density at radius 3 is 2.43 bits per heavy atom. The van der Waals surface area contributed by atoms with Crippen LogP contribution in [0.1, 0.15) is 40.0 Å². The molecule has 0 bridgehead atoms. The standard InChI is InChI=1S/C16H29NO3Si/c1-16(2,3)20-15(19)17-13(10-11-14(17)18)9-7-8-12-21(4,5)6/h13-14,18H,9-12H2,1-6H3/t13-,14?/m1/s1. The maximum Gasteiger partial charge on any atom is 0.412 e. The molecule has 0 aliphatic carbocycles. The normalized spacial score (nSPS) is 22.7. The number of hydrogen-bond acceptors (Lipinski definition) is 3. The van der Waals surface area contributed by atoms with Crippen molar-refractivity contribution in [3.05, 3.63) is 0 Å². The minimum absolute atomic E-state index is 0.0380. The van der Waals surface area contributed by atoms with Gasteiger partial charge in [-0.3, -0.25) is 4.90 Å². The van der Waals surface area contributed by atoms with Crippen molar-refractivity contribution >= 4 is 14.2 Å². The van der Waals surface area contributed by atoms with E-state index in [0.29, 0.717) is 12.8 Å². The highest BCUT2D eigenvalue weighted by atomic mass is 28.3. The number of aliphatic hydroxyl groups excluding tert-OH is 1. The fourth-order valence-electron chi connectivity index (χ4n) is 2.17. The zero-order chi connectivity index (χ0) is 16.3. The third kappa shape index (κ3) is 6.53. The summed E-state index contributed by atoms with van der Waals surface area (Å²) in [5, 5.41) is 10.00. The Hall–Kier alpha value is -0.993. The first kappa shape index (κ1) is 18.1. The second-order valence-electron chi connectivity index (χ2n) is 7.89. The van der Waals surface area contributed by atoms with Gasteiger partial charge in [-0.05, 0) is 33.6 Å². The maximum atomic E-state index is 12.2. The van der Waals surface area contributed by atoms with Crippen LogP contribution in [0, 0.1) is 11.8 Å². The van der Waals surface area contributed by atoms with Crippen molar-refractivity contribution in [1.82, 2.24) is 4.90 Å². The largest absolute Gasteiger partial charge is 0.444 e. The van der Waals surface area contributed by atoms with Crippen molar-refractivity contribution < 1.29 is 14.6 Å². The lowest BCUT2D eigenvalue weighted by atomic mass is 10.1. The molecule has 120 valence electrons. The van der Waals surface area contributed by atoms with E-state index in [1.54, 1.807) is 0 Å². The number of amides is 1. The van der Waals surface area contributed by atoms with E-state index in [-0.39, 0.29) is 6.04 Å². The monoisotopic (exact) mass is 311 g/mol. The quantitative estimate of drug-likeness (QED) is 0.628. The predicted octanol–water partition coefficient (Wildman–Crippen LogP) is 3.44. The van der Waals surface area contributed by atoms with Gasteiger partial charge in [0.15, 0.2) is 0 Å². The van der Waals surface area contributed by atoms with Crippen LogP contribution in [0.25, 0.3) is 0 Å². The van der Waals surface area contributed by atoms with E-state index in [9.17, 15) is 9.90 Å². The third-order valence-electron chi connectivity index (χ3n) is 3.16. The van der Waals surface area contributed by atoms with Gasteiger partial charge >= 0.3 is 6.09 Å². The summed E-state index contributed by atoms with van der Waals surface area (Å²) < 4.78 is 5.37. The van der Waals surface area contributed by atoms with E-state index >= 15 is 0 Å². The van der Waals surface area contributed by atoms with Gasteiger partial charge in [-0.1, -0.05) is 19.6 Å². The van der Waals surface area contributed by atoms with Crippen molar-refractivity contribution in [2.45, 2.75) is 83.6 Å². The molecule has 1 rings (SSSR count). The molecule has 0 radical (unpaired) electrons. The highest BCUT2D eigenvalue weighted by Gasteiger charge is 2.37. The molecule has 0 aromatic heterocycles. The van der Waals surface area contributed by atoms with Crippen LogP contribution >= 0.6 is 0 Å². The molecule has 1 aliphatic rings. The third-order valence-corrected chi connectivity index (χ3v) is 4.40. The number of hydrogen-bond donors (Lipinski definition) is 1. The van der Waals surface area contributed by atoms with Crippen LogP contribution in [0.2, 0.25) is 25.7 Å². The van der Waals surface area contributed by atoms with Gasteiger partial charge in [-0.15, -0.1) is 11.8 Å². The highest BCUT2D eigenvalue weighted by molar-refractivity contribution is 6.76. The lowest BCUT2D eigenvalue weighted by molar-refractivity contribution is -0.0236. The van der Waals surface area contributed by atoms with Gasteiger partial charge in [-0.25, -0.2) is 4.79 Å². The number of rotatable bonds is 2. The van der Waals surface area contributed by atoms with E-state index < -0.39 is 26.0 Å². The lowest BCUT2D eigenvalue weighted by Crippen LogP contribution is -2.44. The Morgan fingerprint density at radius 1 is 1.29 bits per heavy atom. The van der Waals surface area contributed by atoms with Crippen molar-refractivity contribution in [2.24, 2.45) is 0 Å². The Balaban J connectivity index is 2.63. The summed E-state index contributed by atoms with van der Waals surface area (Å²) in [4.78, 5) is 13.6. The topological polar surface area (TPSA) is 49.8 Å². The Labute approximate surface area is 129 Å². The maximum absolute atomic E-state index is 12.2. The average molecular weight is 311 g/mol. The van der Waals surface area contributed by atoms with Crippen LogP contribution in [0.3, 0.4) is 0 Å². The van der Waals surface area contributed by atoms with Crippen molar-refractivity contribution in [2.75, 3.05) is 0 Å². The van der Waals surface area contributed by atoms with E-state index in [4.69, 9.17) is 4.74 Å². The van der Waals surface area contributed by atoms with Gasteiger partial charge in [0.1, 0.15) is 11.8 Å². The van der Waals surface area contributed by atoms with Gasteiger partial charge in [0.05, 0.1) is 8.07 Å². The molecule has 1 saturated heterocycles. The van der Waals surface area contributed by atoms with E-state index in [1.165, 1.54) is 4.90 Å². The number of ether oxygens (including phenoxy) is 1. The second-order valence-corrected chi connectivity index (χ2v) is 13.4. The number of nitrogens with zero attached hydrogens (tertiary/aromatic N) is 1. The molecule has 0 spiro atoms. The summed E-state index contributed by atoms with van der Waals surface area (Å²) >= 11 is 0. The minimum atomic E-state index is -1.15. The number of aliphatic hydroxyl groups is 1. The highest BCUT2D eigenvalue weighted by Crippen LogP contribution is 2.26. The molecule has 0 aromatic carbocycles. The molecule has 0 aromatic rings. The zero-order valence-corrected chi connectivity index (χ0v) is 15.2. The Kier molecular flexibility index (Phi) is 5.89. The number of carbonyl (C=O) groups excluding carboxylic acids is 1. The molecule has 1 amide bonds. The number of likely N-dealkylation sites (tertiary alicyclic amines) is 1. The first-order valence-electron chi connectivity index (χ1n) is 7.65. The second kappa shape index (κ2) is 6.84. The van der Waals surface area contributed by atoms with E-state index in [0.717, 1.165) is 12.5 Å². The van der Waals surface area contributed by atoms with Crippen LogP contribution < -0.4 is 0 Å². The molecule has 0 saturated carbocycles. The predicted molar refractivity (Wildman–Crippen MR) is 87.6 cm³/mol. The molecule has 1 N–H and O–H groups in total. The lowest BCUT2D eigenvalue weighted by Gasteiger charge is -2.29. The fraction of sp³-hybridized carbons (Fsp3) is 0.812. The van der Waals surface area contributed by atoms with Gasteiger partial charge in [-0.2, -0.15) is 0 Å². The molecular formula is C16H29NO3Si. The fourth-order valence-corrected chi connectivity index (χ4v) is 2.82. The van der Waals surface area contributed by atoms with Gasteiger partial charge in [0.25, 0.3) is 0 Å². The molecule has 1 unspecified atom stereocenters. The van der Waals surface area contributed by atoms with Gasteiger partial charge < -0.3 is 9.84 Å². The molecule has 2 atom stereocenters. The molecule has 1 aliphatic heterocycles. The number of carbonyl (C=O) groups is 1. The summed E-state index contributed by atoms with van der Waals surface area (Å²) in [5.74, 6) is 6.40. The van der Waals surface area contributed by atoms with Crippen LogP contribution in [0.5, 0.6) is 0 Å². The molecule has 4 nitrogen and oxygen atoms in total. The van der Waals surface area contributed by atoms with Gasteiger partial charge in [0.2, 0.25) is 0 Å². The van der Waals surface area contributed by atoms with Crippen LogP contribution in [0.4, 0.5) is 4.79 Å². The molecule has 1 fully saturated rings. The first-order chi connectivity index (χ1) is 9.49. The summed E-state index contributed by atoms with van der Waals surface area (Å²) in [6.45, 7) is 12.3. The summed E-state index contributed by atoms with van der Waals surface area (Å²) in [5.41, 5.74) is -0.548. The Bertz CT molecular complexity index is 426. The molecule has 21 heavy (non-hydrogen) atoms. The van der Waals surface area contributed by atoms with E-state index in [1.807, 2.05) is 20.8 Å². The average Bonchev–Trinajstić information content (AvgIpc) is 2.62. The summed E-state index contributed by atoms with van der Waals surface area (Å²) in [6.07, 6.45) is 0.802. The van der Waals surface area contributed by atoms with Crippen LogP contribution in [-0.2, 0) is 4.74 Å². The SMILES string of the molecule is CC(C)(C)OC(=O)N1C(O)CC[C@H]1CC#CC[Si](C)(C)C. The molecular weight excluding hydrogens is 282 g/mol. The van der Waals surface area contributed by atoms with Crippen molar-refractivity contribution in [3.63, 3.8) is 0 Å². The van der Waals surface area contributed by atoms with E-state index in [2.05, 4.69) is 31.5 Å². The molecule has 5 heteroatoms. The van der Waals surface area contributed by atoms with Crippen LogP contribution in [-0.4, -0.2) is 42.0 Å². The van der Waals surface area contributed by atoms with Crippen LogP contribution in [0.15, 0.2) is 0 Å². The first-order valence-corrected chi connectivity index (χ1v) is 11.4. The minimum Gasteiger partial charge on any atom is -0.444 e. The van der Waals surface area contributed by atoms with Crippen molar-refractivity contribution in [3.8, 4) is 11.8 Å². The zero-order valence-electron chi connectivity index (χ0n) is 14.2.